The minimum atomic E-state index is -0.716. The van der Waals surface area contributed by atoms with Gasteiger partial charge in [-0.25, -0.2) is 0 Å². The van der Waals surface area contributed by atoms with E-state index in [-0.39, 0.29) is 29.4 Å². The van der Waals surface area contributed by atoms with E-state index in [0.29, 0.717) is 0 Å². The Morgan fingerprint density at radius 3 is 2.60 bits per heavy atom. The van der Waals surface area contributed by atoms with Crippen molar-refractivity contribution in [2.75, 3.05) is 13.3 Å². The van der Waals surface area contributed by atoms with Crippen molar-refractivity contribution in [1.82, 2.24) is 10.2 Å². The molecule has 0 spiro atoms. The van der Waals surface area contributed by atoms with Crippen LogP contribution in [-0.2, 0) is 14.4 Å². The molecule has 0 saturated carbocycles. The summed E-state index contributed by atoms with van der Waals surface area (Å²) >= 11 is 1.34. The van der Waals surface area contributed by atoms with Gasteiger partial charge >= 0.3 is 0 Å². The first kappa shape index (κ1) is 12.0. The summed E-state index contributed by atoms with van der Waals surface area (Å²) in [6, 6.07) is -0.716. The zero-order valence-corrected chi connectivity index (χ0v) is 9.76. The van der Waals surface area contributed by atoms with E-state index in [4.69, 9.17) is 0 Å². The van der Waals surface area contributed by atoms with Gasteiger partial charge in [0, 0.05) is 13.5 Å². The smallest absolute Gasteiger partial charge is 0.243 e. The minimum Gasteiger partial charge on any atom is -0.357 e. The van der Waals surface area contributed by atoms with Crippen LogP contribution in [0.1, 0.15) is 13.3 Å². The molecule has 15 heavy (non-hydrogen) atoms. The van der Waals surface area contributed by atoms with Gasteiger partial charge < -0.3 is 5.32 Å². The number of rotatable bonds is 3. The molecule has 1 aliphatic heterocycles. The molecule has 1 saturated heterocycles. The summed E-state index contributed by atoms with van der Waals surface area (Å²) < 4.78 is 0. The maximum Gasteiger partial charge on any atom is 0.243 e. The van der Waals surface area contributed by atoms with Gasteiger partial charge in [0.2, 0.25) is 17.7 Å². The maximum atomic E-state index is 11.7. The van der Waals surface area contributed by atoms with Crippen LogP contribution in [0.5, 0.6) is 0 Å². The topological polar surface area (TPSA) is 66.5 Å². The third-order valence-electron chi connectivity index (χ3n) is 2.44. The van der Waals surface area contributed by atoms with Gasteiger partial charge in [0.05, 0.1) is 5.25 Å². The second-order valence-electron chi connectivity index (χ2n) is 3.32. The van der Waals surface area contributed by atoms with Crippen molar-refractivity contribution in [1.29, 1.82) is 0 Å². The predicted molar refractivity (Wildman–Crippen MR) is 57.3 cm³/mol. The number of thioether (sulfide) groups is 1. The van der Waals surface area contributed by atoms with Gasteiger partial charge in [-0.05, 0) is 13.2 Å². The van der Waals surface area contributed by atoms with Crippen LogP contribution in [0.15, 0.2) is 0 Å². The number of amides is 3. The summed E-state index contributed by atoms with van der Waals surface area (Å²) in [5, 5.41) is 2.09. The molecule has 0 aliphatic carbocycles. The number of likely N-dealkylation sites (tertiary alicyclic amines) is 1. The molecule has 1 fully saturated rings. The molecule has 3 amide bonds. The van der Waals surface area contributed by atoms with Crippen LogP contribution in [0.4, 0.5) is 0 Å². The third-order valence-corrected chi connectivity index (χ3v) is 3.38. The highest BCUT2D eigenvalue weighted by molar-refractivity contribution is 8.00. The lowest BCUT2D eigenvalue weighted by Crippen LogP contribution is -2.47. The van der Waals surface area contributed by atoms with Gasteiger partial charge in [-0.15, -0.1) is 0 Å². The van der Waals surface area contributed by atoms with E-state index in [9.17, 15) is 14.4 Å². The van der Waals surface area contributed by atoms with Crippen molar-refractivity contribution in [2.45, 2.75) is 24.6 Å². The Morgan fingerprint density at radius 1 is 1.60 bits per heavy atom. The fraction of sp³-hybridized carbons (Fsp3) is 0.667. The number of nitrogens with one attached hydrogen (secondary N) is 1. The van der Waals surface area contributed by atoms with Gasteiger partial charge in [0.15, 0.2) is 0 Å². The largest absolute Gasteiger partial charge is 0.357 e. The minimum absolute atomic E-state index is 0.196. The molecule has 2 atom stereocenters. The van der Waals surface area contributed by atoms with Crippen molar-refractivity contribution < 1.29 is 14.4 Å². The molecular weight excluding hydrogens is 216 g/mol. The van der Waals surface area contributed by atoms with E-state index in [0.717, 1.165) is 4.90 Å². The first-order chi connectivity index (χ1) is 7.02. The highest BCUT2D eigenvalue weighted by Crippen LogP contribution is 2.24. The molecular formula is C9H14N2O3S. The van der Waals surface area contributed by atoms with Crippen molar-refractivity contribution in [3.05, 3.63) is 0 Å². The van der Waals surface area contributed by atoms with E-state index < -0.39 is 6.04 Å². The van der Waals surface area contributed by atoms with E-state index in [1.165, 1.54) is 18.8 Å². The number of hydrogen-bond donors (Lipinski definition) is 1. The monoisotopic (exact) mass is 230 g/mol. The van der Waals surface area contributed by atoms with Crippen LogP contribution in [0, 0.1) is 0 Å². The Hall–Kier alpha value is -1.04. The molecule has 84 valence electrons. The Morgan fingerprint density at radius 2 is 2.20 bits per heavy atom. The van der Waals surface area contributed by atoms with Crippen molar-refractivity contribution in [2.24, 2.45) is 0 Å². The van der Waals surface area contributed by atoms with Crippen molar-refractivity contribution in [3.63, 3.8) is 0 Å². The van der Waals surface area contributed by atoms with E-state index in [2.05, 4.69) is 5.32 Å². The average molecular weight is 230 g/mol. The normalized spacial score (nSPS) is 23.1. The molecule has 1 aliphatic rings. The maximum absolute atomic E-state index is 11.7. The summed E-state index contributed by atoms with van der Waals surface area (Å²) in [6.45, 7) is 1.55. The Balaban J connectivity index is 2.82. The molecule has 0 aromatic heterocycles. The van der Waals surface area contributed by atoms with Crippen LogP contribution in [0.25, 0.3) is 0 Å². The van der Waals surface area contributed by atoms with Crippen LogP contribution in [0.3, 0.4) is 0 Å². The number of carbonyl (C=O) groups is 3. The standard InChI is InChI=1S/C9H14N2O3S/c1-5(8(13)10-2)11-7(12)4-6(15-3)9(11)14/h5-6H,4H2,1-3H3,(H,10,13). The second-order valence-corrected chi connectivity index (χ2v) is 4.36. The molecule has 0 aromatic rings. The molecule has 1 heterocycles. The molecule has 5 nitrogen and oxygen atoms in total. The number of imide groups is 1. The Labute approximate surface area is 92.6 Å². The quantitative estimate of drug-likeness (QED) is 0.671. The van der Waals surface area contributed by atoms with E-state index in [1.54, 1.807) is 13.2 Å². The highest BCUT2D eigenvalue weighted by Gasteiger charge is 2.42. The molecule has 1 rings (SSSR count). The zero-order valence-electron chi connectivity index (χ0n) is 8.94. The number of hydrogen-bond acceptors (Lipinski definition) is 4. The third kappa shape index (κ3) is 2.14. The molecule has 0 radical (unpaired) electrons. The molecule has 6 heteroatoms. The highest BCUT2D eigenvalue weighted by atomic mass is 32.2. The van der Waals surface area contributed by atoms with Gasteiger partial charge in [-0.1, -0.05) is 0 Å². The van der Waals surface area contributed by atoms with E-state index >= 15 is 0 Å². The van der Waals surface area contributed by atoms with Gasteiger partial charge in [0.1, 0.15) is 6.04 Å². The summed E-state index contributed by atoms with van der Waals surface area (Å²) in [7, 11) is 1.48. The summed E-state index contributed by atoms with van der Waals surface area (Å²) in [4.78, 5) is 35.6. The molecule has 2 unspecified atom stereocenters. The first-order valence-corrected chi connectivity index (χ1v) is 5.92. The fourth-order valence-corrected chi connectivity index (χ4v) is 2.16. The van der Waals surface area contributed by atoms with Crippen LogP contribution < -0.4 is 5.32 Å². The Bertz CT molecular complexity index is 306. The SMILES string of the molecule is CNC(=O)C(C)N1C(=O)CC(SC)C1=O. The fourth-order valence-electron chi connectivity index (χ4n) is 1.54. The average Bonchev–Trinajstić information content (AvgIpc) is 2.51. The predicted octanol–water partition coefficient (Wildman–Crippen LogP) is -0.389. The van der Waals surface area contributed by atoms with Gasteiger partial charge in [-0.3, -0.25) is 19.3 Å². The van der Waals surface area contributed by atoms with Gasteiger partial charge in [-0.2, -0.15) is 11.8 Å². The summed E-state index contributed by atoms with van der Waals surface area (Å²) in [6.07, 6.45) is 1.98. The summed E-state index contributed by atoms with van der Waals surface area (Å²) in [5.41, 5.74) is 0. The lowest BCUT2D eigenvalue weighted by Gasteiger charge is -2.21. The van der Waals surface area contributed by atoms with Crippen LogP contribution >= 0.6 is 11.8 Å². The Kier molecular flexibility index (Phi) is 3.73. The first-order valence-electron chi connectivity index (χ1n) is 4.63. The summed E-state index contributed by atoms with van der Waals surface area (Å²) in [5.74, 6) is -0.850. The van der Waals surface area contributed by atoms with Crippen molar-refractivity contribution in [3.8, 4) is 0 Å². The number of carbonyl (C=O) groups excluding carboxylic acids is 3. The number of nitrogens with zero attached hydrogens (tertiary/aromatic N) is 1. The number of likely N-dealkylation sites (N-methyl/N-ethyl adjacent to an activating group) is 1. The second kappa shape index (κ2) is 4.65. The molecule has 0 bridgehead atoms. The van der Waals surface area contributed by atoms with Crippen LogP contribution in [0.2, 0.25) is 0 Å². The lowest BCUT2D eigenvalue weighted by atomic mass is 10.3. The van der Waals surface area contributed by atoms with Gasteiger partial charge in [0.25, 0.3) is 0 Å². The van der Waals surface area contributed by atoms with E-state index in [1.807, 2.05) is 0 Å². The molecule has 0 aromatic carbocycles. The molecule has 1 N–H and O–H groups in total. The zero-order chi connectivity index (χ0) is 11.6. The van der Waals surface area contributed by atoms with Crippen LogP contribution in [-0.4, -0.2) is 47.2 Å². The van der Waals surface area contributed by atoms with Crippen molar-refractivity contribution >= 4 is 29.5 Å². The lowest BCUT2D eigenvalue weighted by molar-refractivity contribution is -0.145.